The van der Waals surface area contributed by atoms with E-state index in [1.165, 1.54) is 32.1 Å². The van der Waals surface area contributed by atoms with Crippen molar-refractivity contribution in [2.45, 2.75) is 37.4 Å². The highest BCUT2D eigenvalue weighted by Gasteiger charge is 2.12. The van der Waals surface area contributed by atoms with E-state index < -0.39 is 0 Å². The molecule has 1 aliphatic carbocycles. The van der Waals surface area contributed by atoms with E-state index in [4.69, 9.17) is 0 Å². The minimum atomic E-state index is 0.620. The smallest absolute Gasteiger partial charge is 0.225 e. The maximum atomic E-state index is 10.2. The molecule has 0 radical (unpaired) electrons. The zero-order valence-corrected chi connectivity index (χ0v) is 12.5. The minimum absolute atomic E-state index is 0.620. The summed E-state index contributed by atoms with van der Waals surface area (Å²) in [6, 6.07) is 7.90. The van der Waals surface area contributed by atoms with E-state index >= 15 is 0 Å². The van der Waals surface area contributed by atoms with Crippen LogP contribution in [0.5, 0.6) is 0 Å². The Morgan fingerprint density at radius 1 is 1.10 bits per heavy atom. The number of rotatable bonds is 8. The molecule has 0 unspecified atom stereocenters. The van der Waals surface area contributed by atoms with Gasteiger partial charge in [-0.15, -0.1) is 0 Å². The summed E-state index contributed by atoms with van der Waals surface area (Å²) in [5.41, 5.74) is 7.19. The number of hydrogen-bond donors (Lipinski definition) is 3. The first kappa shape index (κ1) is 15.0. The molecule has 1 fully saturated rings. The third kappa shape index (κ3) is 5.33. The second-order valence-electron chi connectivity index (χ2n) is 5.02. The number of nitrogens with one attached hydrogen (secondary N) is 3. The van der Waals surface area contributed by atoms with Gasteiger partial charge in [-0.05, 0) is 37.1 Å². The Labute approximate surface area is 125 Å². The average Bonchev–Trinajstić information content (AvgIpc) is 2.52. The van der Waals surface area contributed by atoms with Gasteiger partial charge in [-0.25, -0.2) is 0 Å². The highest BCUT2D eigenvalue weighted by molar-refractivity contribution is 7.99. The summed E-state index contributed by atoms with van der Waals surface area (Å²) in [5.74, 6) is 1.16. The summed E-state index contributed by atoms with van der Waals surface area (Å²) in [6.45, 7) is 1.00. The molecule has 0 bridgehead atoms. The van der Waals surface area contributed by atoms with Crippen molar-refractivity contribution in [3.63, 3.8) is 0 Å². The number of carbonyl (C=O) groups is 1. The van der Waals surface area contributed by atoms with Crippen molar-refractivity contribution in [2.24, 2.45) is 0 Å². The van der Waals surface area contributed by atoms with Crippen LogP contribution in [0.4, 0.5) is 11.4 Å². The van der Waals surface area contributed by atoms with Gasteiger partial charge in [0, 0.05) is 23.2 Å². The van der Waals surface area contributed by atoms with Crippen molar-refractivity contribution in [1.29, 1.82) is 0 Å². The SMILES string of the molecule is O=CNNc1ccc(NCCSC2CCCCC2)cc1. The van der Waals surface area contributed by atoms with Crippen LogP contribution in [-0.4, -0.2) is 24.0 Å². The molecule has 5 heteroatoms. The summed E-state index contributed by atoms with van der Waals surface area (Å²) < 4.78 is 0. The molecule has 110 valence electrons. The van der Waals surface area contributed by atoms with Crippen LogP contribution in [0.25, 0.3) is 0 Å². The fourth-order valence-electron chi connectivity index (χ4n) is 2.44. The summed E-state index contributed by atoms with van der Waals surface area (Å²) in [6.07, 6.45) is 7.66. The lowest BCUT2D eigenvalue weighted by molar-refractivity contribution is -0.109. The molecular formula is C15H23N3OS. The first-order chi connectivity index (χ1) is 9.88. The van der Waals surface area contributed by atoms with E-state index in [0.717, 1.165) is 28.9 Å². The second kappa shape index (κ2) is 8.74. The standard InChI is InChI=1S/C15H23N3OS/c19-12-17-18-14-8-6-13(7-9-14)16-10-11-20-15-4-2-1-3-5-15/h6-9,12,15-16,18H,1-5,10-11H2,(H,17,19). The molecule has 0 aliphatic heterocycles. The fraction of sp³-hybridized carbons (Fsp3) is 0.533. The molecule has 0 saturated heterocycles. The summed E-state index contributed by atoms with van der Waals surface area (Å²) in [4.78, 5) is 10.2. The topological polar surface area (TPSA) is 53.2 Å². The van der Waals surface area contributed by atoms with Gasteiger partial charge in [-0.2, -0.15) is 11.8 Å². The van der Waals surface area contributed by atoms with Crippen LogP contribution in [0.15, 0.2) is 24.3 Å². The number of hydrogen-bond acceptors (Lipinski definition) is 4. The van der Waals surface area contributed by atoms with Crippen LogP contribution in [0, 0.1) is 0 Å². The molecule has 3 N–H and O–H groups in total. The third-order valence-corrected chi connectivity index (χ3v) is 4.88. The van der Waals surface area contributed by atoms with Crippen molar-refractivity contribution in [3.8, 4) is 0 Å². The molecule has 0 spiro atoms. The third-order valence-electron chi connectivity index (χ3n) is 3.50. The normalized spacial score (nSPS) is 15.6. The summed E-state index contributed by atoms with van der Waals surface area (Å²) >= 11 is 2.11. The van der Waals surface area contributed by atoms with E-state index in [1.807, 2.05) is 24.3 Å². The number of carbonyl (C=O) groups excluding carboxylic acids is 1. The molecule has 0 aromatic heterocycles. The molecule has 1 saturated carbocycles. The lowest BCUT2D eigenvalue weighted by Crippen LogP contribution is -2.18. The van der Waals surface area contributed by atoms with Gasteiger partial charge in [0.25, 0.3) is 0 Å². The fourth-order valence-corrected chi connectivity index (χ4v) is 3.66. The van der Waals surface area contributed by atoms with Crippen molar-refractivity contribution < 1.29 is 4.79 Å². The van der Waals surface area contributed by atoms with E-state index in [-0.39, 0.29) is 0 Å². The van der Waals surface area contributed by atoms with Gasteiger partial charge in [0.2, 0.25) is 6.41 Å². The van der Waals surface area contributed by atoms with Crippen molar-refractivity contribution in [2.75, 3.05) is 23.0 Å². The molecule has 1 aliphatic rings. The van der Waals surface area contributed by atoms with Crippen LogP contribution in [0.2, 0.25) is 0 Å². The molecule has 1 amide bonds. The van der Waals surface area contributed by atoms with Crippen LogP contribution in [0.3, 0.4) is 0 Å². The first-order valence-corrected chi connectivity index (χ1v) is 8.34. The van der Waals surface area contributed by atoms with E-state index in [1.54, 1.807) is 0 Å². The highest BCUT2D eigenvalue weighted by Crippen LogP contribution is 2.27. The Bertz CT molecular complexity index is 391. The van der Waals surface area contributed by atoms with E-state index in [2.05, 4.69) is 27.9 Å². The largest absolute Gasteiger partial charge is 0.384 e. The Kier molecular flexibility index (Phi) is 6.57. The first-order valence-electron chi connectivity index (χ1n) is 7.29. The molecular weight excluding hydrogens is 270 g/mol. The average molecular weight is 293 g/mol. The monoisotopic (exact) mass is 293 g/mol. The Morgan fingerprint density at radius 2 is 1.80 bits per heavy atom. The van der Waals surface area contributed by atoms with Gasteiger partial charge < -0.3 is 5.32 Å². The number of anilines is 2. The van der Waals surface area contributed by atoms with Crippen LogP contribution in [-0.2, 0) is 4.79 Å². The quantitative estimate of drug-likeness (QED) is 0.391. The van der Waals surface area contributed by atoms with Gasteiger partial charge in [0.15, 0.2) is 0 Å². The van der Waals surface area contributed by atoms with Crippen LogP contribution in [0.1, 0.15) is 32.1 Å². The number of amides is 1. The molecule has 20 heavy (non-hydrogen) atoms. The minimum Gasteiger partial charge on any atom is -0.384 e. The predicted molar refractivity (Wildman–Crippen MR) is 87.1 cm³/mol. The maximum Gasteiger partial charge on any atom is 0.225 e. The van der Waals surface area contributed by atoms with Gasteiger partial charge in [0.05, 0.1) is 5.69 Å². The lowest BCUT2D eigenvalue weighted by atomic mass is 10.0. The Balaban J connectivity index is 1.62. The number of thioether (sulfide) groups is 1. The Morgan fingerprint density at radius 3 is 2.50 bits per heavy atom. The molecule has 0 atom stereocenters. The summed E-state index contributed by atoms with van der Waals surface area (Å²) in [7, 11) is 0. The molecule has 1 aromatic carbocycles. The zero-order valence-electron chi connectivity index (χ0n) is 11.7. The Hall–Kier alpha value is -1.36. The van der Waals surface area contributed by atoms with Gasteiger partial charge >= 0.3 is 0 Å². The second-order valence-corrected chi connectivity index (χ2v) is 6.43. The van der Waals surface area contributed by atoms with Crippen LogP contribution >= 0.6 is 11.8 Å². The van der Waals surface area contributed by atoms with Crippen LogP contribution < -0.4 is 16.2 Å². The van der Waals surface area contributed by atoms with Gasteiger partial charge in [-0.1, -0.05) is 19.3 Å². The predicted octanol–water partition coefficient (Wildman–Crippen LogP) is 3.24. The van der Waals surface area contributed by atoms with E-state index in [9.17, 15) is 4.79 Å². The van der Waals surface area contributed by atoms with Gasteiger partial charge in [0.1, 0.15) is 0 Å². The molecule has 2 rings (SSSR count). The zero-order chi connectivity index (χ0) is 14.0. The highest BCUT2D eigenvalue weighted by atomic mass is 32.2. The molecule has 0 heterocycles. The van der Waals surface area contributed by atoms with Crippen molar-refractivity contribution in [1.82, 2.24) is 5.43 Å². The summed E-state index contributed by atoms with van der Waals surface area (Å²) in [5, 5.41) is 4.31. The molecule has 1 aromatic rings. The number of hydrazine groups is 1. The lowest BCUT2D eigenvalue weighted by Gasteiger charge is -2.21. The molecule has 4 nitrogen and oxygen atoms in total. The maximum absolute atomic E-state index is 10.2. The van der Waals surface area contributed by atoms with Crippen molar-refractivity contribution in [3.05, 3.63) is 24.3 Å². The van der Waals surface area contributed by atoms with Crippen molar-refractivity contribution >= 4 is 29.5 Å². The number of benzene rings is 1. The van der Waals surface area contributed by atoms with E-state index in [0.29, 0.717) is 6.41 Å². The van der Waals surface area contributed by atoms with Gasteiger partial charge in [-0.3, -0.25) is 15.6 Å².